The summed E-state index contributed by atoms with van der Waals surface area (Å²) in [6.07, 6.45) is 3.50. The molecule has 0 spiro atoms. The van der Waals surface area contributed by atoms with Gasteiger partial charge in [-0.15, -0.1) is 11.3 Å². The van der Waals surface area contributed by atoms with E-state index in [0.717, 1.165) is 5.56 Å². The Labute approximate surface area is 171 Å². The van der Waals surface area contributed by atoms with Crippen molar-refractivity contribution in [2.24, 2.45) is 0 Å². The molecule has 0 fully saturated rings. The van der Waals surface area contributed by atoms with Crippen molar-refractivity contribution in [2.45, 2.75) is 13.0 Å². The Balaban J connectivity index is 1.57. The molecule has 1 aromatic carbocycles. The number of nitrogens with zero attached hydrogens (tertiary/aromatic N) is 2. The number of pyridine rings is 1. The molecule has 0 aliphatic rings. The van der Waals surface area contributed by atoms with Crippen LogP contribution in [0.3, 0.4) is 0 Å². The average molecular weight is 412 g/mol. The van der Waals surface area contributed by atoms with Crippen LogP contribution >= 0.6 is 11.3 Å². The highest BCUT2D eigenvalue weighted by molar-refractivity contribution is 7.14. The lowest BCUT2D eigenvalue weighted by molar-refractivity contribution is -0.120. The van der Waals surface area contributed by atoms with Gasteiger partial charge in [0.1, 0.15) is 11.5 Å². The van der Waals surface area contributed by atoms with E-state index in [0.29, 0.717) is 34.4 Å². The van der Waals surface area contributed by atoms with Gasteiger partial charge in [-0.1, -0.05) is 6.07 Å². The van der Waals surface area contributed by atoms with Crippen LogP contribution in [0.4, 0.5) is 5.13 Å². The third kappa shape index (κ3) is 5.76. The summed E-state index contributed by atoms with van der Waals surface area (Å²) in [6.45, 7) is 0.401. The Morgan fingerprint density at radius 2 is 1.90 bits per heavy atom. The highest BCUT2D eigenvalue weighted by atomic mass is 32.1. The molecule has 2 aromatic heterocycles. The summed E-state index contributed by atoms with van der Waals surface area (Å²) in [4.78, 5) is 32.9. The van der Waals surface area contributed by atoms with E-state index in [1.54, 1.807) is 36.0 Å². The summed E-state index contributed by atoms with van der Waals surface area (Å²) in [7, 11) is 3.03. The van der Waals surface area contributed by atoms with E-state index >= 15 is 0 Å². The fraction of sp³-hybridized carbons (Fsp3) is 0.200. The van der Waals surface area contributed by atoms with Crippen LogP contribution < -0.4 is 20.1 Å². The lowest BCUT2D eigenvalue weighted by Gasteiger charge is -2.08. The van der Waals surface area contributed by atoms with Crippen LogP contribution in [0.1, 0.15) is 21.6 Å². The Morgan fingerprint density at radius 3 is 2.55 bits per heavy atom. The standard InChI is InChI=1S/C20H20N4O4S/c1-27-16-6-14(7-17(9-16)28-2)19(26)24-20-23-15(12-29-20)8-18(25)22-11-13-4-3-5-21-10-13/h3-7,9-10,12H,8,11H2,1-2H3,(H,22,25)(H,23,24,26). The molecule has 0 bridgehead atoms. The molecule has 0 saturated heterocycles. The molecule has 3 aromatic rings. The van der Waals surface area contributed by atoms with E-state index in [2.05, 4.69) is 20.6 Å². The monoisotopic (exact) mass is 412 g/mol. The predicted octanol–water partition coefficient (Wildman–Crippen LogP) is 2.67. The SMILES string of the molecule is COc1cc(OC)cc(C(=O)Nc2nc(CC(=O)NCc3cccnc3)cs2)c1. The number of carbonyl (C=O) groups is 2. The second kappa shape index (κ2) is 9.65. The smallest absolute Gasteiger partial charge is 0.257 e. The lowest BCUT2D eigenvalue weighted by atomic mass is 10.2. The van der Waals surface area contributed by atoms with Gasteiger partial charge in [0.05, 0.1) is 26.3 Å². The molecule has 0 aliphatic heterocycles. The van der Waals surface area contributed by atoms with Crippen molar-refractivity contribution < 1.29 is 19.1 Å². The van der Waals surface area contributed by atoms with Crippen molar-refractivity contribution in [2.75, 3.05) is 19.5 Å². The van der Waals surface area contributed by atoms with E-state index in [9.17, 15) is 9.59 Å². The number of hydrogen-bond donors (Lipinski definition) is 2. The second-order valence-electron chi connectivity index (χ2n) is 6.01. The number of rotatable bonds is 8. The van der Waals surface area contributed by atoms with E-state index in [1.165, 1.54) is 25.6 Å². The van der Waals surface area contributed by atoms with Crippen molar-refractivity contribution in [3.05, 3.63) is 64.9 Å². The summed E-state index contributed by atoms with van der Waals surface area (Å²) in [5.74, 6) is 0.526. The van der Waals surface area contributed by atoms with Crippen LogP contribution in [-0.2, 0) is 17.8 Å². The zero-order chi connectivity index (χ0) is 20.6. The first-order valence-corrected chi connectivity index (χ1v) is 9.60. The quantitative estimate of drug-likeness (QED) is 0.590. The molecule has 2 heterocycles. The molecule has 0 radical (unpaired) electrons. The predicted molar refractivity (Wildman–Crippen MR) is 109 cm³/mol. The fourth-order valence-electron chi connectivity index (χ4n) is 2.48. The van der Waals surface area contributed by atoms with E-state index in [-0.39, 0.29) is 18.2 Å². The molecule has 2 N–H and O–H groups in total. The van der Waals surface area contributed by atoms with Gasteiger partial charge < -0.3 is 14.8 Å². The lowest BCUT2D eigenvalue weighted by Crippen LogP contribution is -2.24. The first-order valence-electron chi connectivity index (χ1n) is 8.72. The van der Waals surface area contributed by atoms with Crippen LogP contribution in [0.25, 0.3) is 0 Å². The van der Waals surface area contributed by atoms with Crippen LogP contribution in [0.15, 0.2) is 48.1 Å². The van der Waals surface area contributed by atoms with Gasteiger partial charge in [0.25, 0.3) is 5.91 Å². The number of anilines is 1. The molecule has 3 rings (SSSR count). The fourth-order valence-corrected chi connectivity index (χ4v) is 3.19. The van der Waals surface area contributed by atoms with Gasteiger partial charge in [0.2, 0.25) is 5.91 Å². The average Bonchev–Trinajstić information content (AvgIpc) is 3.19. The number of carbonyl (C=O) groups excluding carboxylic acids is 2. The molecular formula is C20H20N4O4S. The zero-order valence-electron chi connectivity index (χ0n) is 16.0. The van der Waals surface area contributed by atoms with Crippen molar-refractivity contribution in [1.29, 1.82) is 0 Å². The maximum Gasteiger partial charge on any atom is 0.257 e. The van der Waals surface area contributed by atoms with Crippen molar-refractivity contribution in [3.8, 4) is 11.5 Å². The number of thiazole rings is 1. The molecule has 9 heteroatoms. The summed E-state index contributed by atoms with van der Waals surface area (Å²) in [5, 5.41) is 7.70. The molecule has 0 unspecified atom stereocenters. The Kier molecular flexibility index (Phi) is 6.75. The molecule has 0 aliphatic carbocycles. The Hall–Kier alpha value is -3.46. The van der Waals surface area contributed by atoms with Gasteiger partial charge in [0.15, 0.2) is 5.13 Å². The van der Waals surface area contributed by atoms with Crippen LogP contribution in [0, 0.1) is 0 Å². The number of hydrogen-bond acceptors (Lipinski definition) is 7. The maximum absolute atomic E-state index is 12.5. The number of benzene rings is 1. The zero-order valence-corrected chi connectivity index (χ0v) is 16.8. The van der Waals surface area contributed by atoms with E-state index in [1.807, 2.05) is 12.1 Å². The van der Waals surface area contributed by atoms with Gasteiger partial charge in [0, 0.05) is 35.9 Å². The summed E-state index contributed by atoms with van der Waals surface area (Å²) >= 11 is 1.25. The number of aromatic nitrogens is 2. The molecule has 0 atom stereocenters. The van der Waals surface area contributed by atoms with Gasteiger partial charge >= 0.3 is 0 Å². The number of methoxy groups -OCH3 is 2. The van der Waals surface area contributed by atoms with Gasteiger partial charge in [-0.3, -0.25) is 19.9 Å². The number of nitrogens with one attached hydrogen (secondary N) is 2. The Bertz CT molecular complexity index is 969. The second-order valence-corrected chi connectivity index (χ2v) is 6.87. The highest BCUT2D eigenvalue weighted by Crippen LogP contribution is 2.24. The highest BCUT2D eigenvalue weighted by Gasteiger charge is 2.13. The van der Waals surface area contributed by atoms with Crippen molar-refractivity contribution >= 4 is 28.3 Å². The van der Waals surface area contributed by atoms with Crippen LogP contribution in [-0.4, -0.2) is 36.0 Å². The minimum atomic E-state index is -0.343. The molecule has 0 saturated carbocycles. The van der Waals surface area contributed by atoms with Gasteiger partial charge in [-0.05, 0) is 23.8 Å². The number of amides is 2. The van der Waals surface area contributed by atoms with E-state index in [4.69, 9.17) is 9.47 Å². The largest absolute Gasteiger partial charge is 0.497 e. The van der Waals surface area contributed by atoms with Crippen LogP contribution in [0.5, 0.6) is 11.5 Å². The summed E-state index contributed by atoms with van der Waals surface area (Å²) in [6, 6.07) is 8.60. The molecule has 150 valence electrons. The van der Waals surface area contributed by atoms with Gasteiger partial charge in [-0.25, -0.2) is 4.98 Å². The normalized spacial score (nSPS) is 10.3. The molecule has 8 nitrogen and oxygen atoms in total. The third-order valence-electron chi connectivity index (χ3n) is 3.94. The minimum Gasteiger partial charge on any atom is -0.497 e. The number of ether oxygens (including phenoxy) is 2. The first kappa shape index (κ1) is 20.3. The van der Waals surface area contributed by atoms with Crippen molar-refractivity contribution in [1.82, 2.24) is 15.3 Å². The summed E-state index contributed by atoms with van der Waals surface area (Å²) < 4.78 is 10.4. The Morgan fingerprint density at radius 1 is 1.14 bits per heavy atom. The van der Waals surface area contributed by atoms with Crippen molar-refractivity contribution in [3.63, 3.8) is 0 Å². The molecule has 2 amide bonds. The summed E-state index contributed by atoms with van der Waals surface area (Å²) in [5.41, 5.74) is 1.88. The minimum absolute atomic E-state index is 0.125. The van der Waals surface area contributed by atoms with E-state index < -0.39 is 0 Å². The first-order chi connectivity index (χ1) is 14.1. The maximum atomic E-state index is 12.5. The van der Waals surface area contributed by atoms with Gasteiger partial charge in [-0.2, -0.15) is 0 Å². The van der Waals surface area contributed by atoms with Crippen LogP contribution in [0.2, 0.25) is 0 Å². The molecule has 29 heavy (non-hydrogen) atoms. The topological polar surface area (TPSA) is 102 Å². The third-order valence-corrected chi connectivity index (χ3v) is 4.75. The molecular weight excluding hydrogens is 392 g/mol.